The lowest BCUT2D eigenvalue weighted by atomic mass is 9.82. The van der Waals surface area contributed by atoms with Gasteiger partial charge in [-0.2, -0.15) is 11.8 Å². The molecule has 0 aliphatic carbocycles. The van der Waals surface area contributed by atoms with E-state index in [2.05, 4.69) is 11.2 Å². The standard InChI is InChI=1S/C11H21NO2S/c1-11(10(13)14)5-3-6-12(9-11)7-4-8-15-2/h3-9H2,1-2H3,(H,13,14). The first-order chi connectivity index (χ1) is 7.08. The number of nitrogens with zero attached hydrogens (tertiary/aromatic N) is 1. The molecule has 0 aromatic heterocycles. The number of thioether (sulfide) groups is 1. The summed E-state index contributed by atoms with van der Waals surface area (Å²) in [6.45, 7) is 4.70. The van der Waals surface area contributed by atoms with Crippen LogP contribution in [0.25, 0.3) is 0 Å². The van der Waals surface area contributed by atoms with Crippen molar-refractivity contribution < 1.29 is 9.90 Å². The predicted molar refractivity (Wildman–Crippen MR) is 64.4 cm³/mol. The van der Waals surface area contributed by atoms with Gasteiger partial charge in [0.25, 0.3) is 0 Å². The van der Waals surface area contributed by atoms with Crippen LogP contribution in [0.2, 0.25) is 0 Å². The largest absolute Gasteiger partial charge is 0.481 e. The predicted octanol–water partition coefficient (Wildman–Crippen LogP) is 1.93. The highest BCUT2D eigenvalue weighted by atomic mass is 32.2. The summed E-state index contributed by atoms with van der Waals surface area (Å²) >= 11 is 1.85. The monoisotopic (exact) mass is 231 g/mol. The van der Waals surface area contributed by atoms with Gasteiger partial charge in [0.1, 0.15) is 0 Å². The molecule has 1 aliphatic rings. The molecule has 1 fully saturated rings. The number of carboxylic acids is 1. The van der Waals surface area contributed by atoms with Crippen molar-refractivity contribution in [3.8, 4) is 0 Å². The summed E-state index contributed by atoms with van der Waals surface area (Å²) in [6, 6.07) is 0. The Labute approximate surface area is 96.2 Å². The minimum atomic E-state index is -0.642. The zero-order valence-corrected chi connectivity index (χ0v) is 10.5. The molecule has 1 N–H and O–H groups in total. The van der Waals surface area contributed by atoms with Gasteiger partial charge in [-0.05, 0) is 51.3 Å². The maximum atomic E-state index is 11.1. The van der Waals surface area contributed by atoms with E-state index >= 15 is 0 Å². The second-order valence-corrected chi connectivity index (χ2v) is 5.58. The number of rotatable bonds is 5. The summed E-state index contributed by atoms with van der Waals surface area (Å²) in [4.78, 5) is 13.4. The van der Waals surface area contributed by atoms with E-state index in [1.54, 1.807) is 0 Å². The average molecular weight is 231 g/mol. The lowest BCUT2D eigenvalue weighted by molar-refractivity contribution is -0.151. The van der Waals surface area contributed by atoms with E-state index in [1.807, 2.05) is 18.7 Å². The molecule has 88 valence electrons. The van der Waals surface area contributed by atoms with Crippen LogP contribution >= 0.6 is 11.8 Å². The Hall–Kier alpha value is -0.220. The van der Waals surface area contributed by atoms with Crippen molar-refractivity contribution in [3.63, 3.8) is 0 Å². The van der Waals surface area contributed by atoms with Crippen LogP contribution in [0.1, 0.15) is 26.2 Å². The van der Waals surface area contributed by atoms with Crippen molar-refractivity contribution in [2.75, 3.05) is 31.6 Å². The Morgan fingerprint density at radius 2 is 2.33 bits per heavy atom. The Balaban J connectivity index is 2.38. The molecule has 3 nitrogen and oxygen atoms in total. The van der Waals surface area contributed by atoms with Crippen molar-refractivity contribution in [2.24, 2.45) is 5.41 Å². The molecule has 0 spiro atoms. The molecule has 1 saturated heterocycles. The van der Waals surface area contributed by atoms with Crippen molar-refractivity contribution in [2.45, 2.75) is 26.2 Å². The number of hydrogen-bond acceptors (Lipinski definition) is 3. The Bertz CT molecular complexity index is 223. The van der Waals surface area contributed by atoms with Crippen LogP contribution in [0.15, 0.2) is 0 Å². The van der Waals surface area contributed by atoms with Gasteiger partial charge in [0, 0.05) is 6.54 Å². The SMILES string of the molecule is CSCCCN1CCCC(C)(C(=O)O)C1. The van der Waals surface area contributed by atoms with Crippen LogP contribution in [-0.4, -0.2) is 47.6 Å². The summed E-state index contributed by atoms with van der Waals surface area (Å²) in [5.41, 5.74) is -0.516. The van der Waals surface area contributed by atoms with Gasteiger partial charge in [0.2, 0.25) is 0 Å². The molecule has 1 unspecified atom stereocenters. The van der Waals surface area contributed by atoms with Crippen LogP contribution in [0.3, 0.4) is 0 Å². The van der Waals surface area contributed by atoms with E-state index in [9.17, 15) is 4.79 Å². The van der Waals surface area contributed by atoms with Crippen LogP contribution in [0.4, 0.5) is 0 Å². The number of likely N-dealkylation sites (tertiary alicyclic amines) is 1. The van der Waals surface area contributed by atoms with Gasteiger partial charge < -0.3 is 10.0 Å². The first-order valence-corrected chi connectivity index (χ1v) is 6.92. The summed E-state index contributed by atoms with van der Waals surface area (Å²) in [7, 11) is 0. The minimum absolute atomic E-state index is 0.516. The Morgan fingerprint density at radius 1 is 1.60 bits per heavy atom. The lowest BCUT2D eigenvalue weighted by Crippen LogP contribution is -2.46. The zero-order valence-electron chi connectivity index (χ0n) is 9.66. The highest BCUT2D eigenvalue weighted by molar-refractivity contribution is 7.98. The van der Waals surface area contributed by atoms with Gasteiger partial charge in [0.05, 0.1) is 5.41 Å². The van der Waals surface area contributed by atoms with E-state index in [-0.39, 0.29) is 0 Å². The summed E-state index contributed by atoms with van der Waals surface area (Å²) in [6.07, 6.45) is 5.11. The third-order valence-corrected chi connectivity index (χ3v) is 3.81. The number of aliphatic carboxylic acids is 1. The van der Waals surface area contributed by atoms with Gasteiger partial charge in [-0.1, -0.05) is 0 Å². The molecule has 4 heteroatoms. The van der Waals surface area contributed by atoms with E-state index in [0.29, 0.717) is 0 Å². The molecule has 0 amide bonds. The second-order valence-electron chi connectivity index (χ2n) is 4.59. The fourth-order valence-corrected chi connectivity index (χ4v) is 2.56. The number of hydrogen-bond donors (Lipinski definition) is 1. The molecular weight excluding hydrogens is 210 g/mol. The average Bonchev–Trinajstić information content (AvgIpc) is 2.18. The molecule has 0 radical (unpaired) electrons. The lowest BCUT2D eigenvalue weighted by Gasteiger charge is -2.37. The van der Waals surface area contributed by atoms with Crippen molar-refractivity contribution >= 4 is 17.7 Å². The van der Waals surface area contributed by atoms with Crippen molar-refractivity contribution in [1.29, 1.82) is 0 Å². The molecule has 1 heterocycles. The van der Waals surface area contributed by atoms with Gasteiger partial charge in [0.15, 0.2) is 0 Å². The molecule has 1 atom stereocenters. The highest BCUT2D eigenvalue weighted by Crippen LogP contribution is 2.29. The Morgan fingerprint density at radius 3 is 2.93 bits per heavy atom. The maximum Gasteiger partial charge on any atom is 0.310 e. The first-order valence-electron chi connectivity index (χ1n) is 5.53. The smallest absolute Gasteiger partial charge is 0.310 e. The highest BCUT2D eigenvalue weighted by Gasteiger charge is 2.37. The molecule has 0 saturated carbocycles. The topological polar surface area (TPSA) is 40.5 Å². The van der Waals surface area contributed by atoms with E-state index in [1.165, 1.54) is 5.75 Å². The van der Waals surface area contributed by atoms with Crippen molar-refractivity contribution in [3.05, 3.63) is 0 Å². The number of carbonyl (C=O) groups is 1. The second kappa shape index (κ2) is 5.75. The third kappa shape index (κ3) is 3.68. The van der Waals surface area contributed by atoms with Crippen LogP contribution in [-0.2, 0) is 4.79 Å². The van der Waals surface area contributed by atoms with Gasteiger partial charge in [-0.25, -0.2) is 0 Å². The summed E-state index contributed by atoms with van der Waals surface area (Å²) in [5, 5.41) is 9.16. The molecule has 1 rings (SSSR count). The minimum Gasteiger partial charge on any atom is -0.481 e. The zero-order chi connectivity index (χ0) is 11.3. The quantitative estimate of drug-likeness (QED) is 0.734. The van der Waals surface area contributed by atoms with Crippen molar-refractivity contribution in [1.82, 2.24) is 4.90 Å². The van der Waals surface area contributed by atoms with E-state index < -0.39 is 11.4 Å². The fraction of sp³-hybridized carbons (Fsp3) is 0.909. The van der Waals surface area contributed by atoms with Gasteiger partial charge in [-0.15, -0.1) is 0 Å². The van der Waals surface area contributed by atoms with Gasteiger partial charge >= 0.3 is 5.97 Å². The molecule has 0 aromatic carbocycles. The molecule has 0 bridgehead atoms. The number of carboxylic acid groups (broad SMARTS) is 1. The molecule has 0 aromatic rings. The molecule has 1 aliphatic heterocycles. The Kier molecular flexibility index (Phi) is 4.93. The van der Waals surface area contributed by atoms with Crippen LogP contribution in [0.5, 0.6) is 0 Å². The van der Waals surface area contributed by atoms with Gasteiger partial charge in [-0.3, -0.25) is 4.79 Å². The molecule has 15 heavy (non-hydrogen) atoms. The third-order valence-electron chi connectivity index (χ3n) is 3.11. The molecular formula is C11H21NO2S. The maximum absolute atomic E-state index is 11.1. The first kappa shape index (κ1) is 12.8. The summed E-state index contributed by atoms with van der Waals surface area (Å²) in [5.74, 6) is 0.525. The van der Waals surface area contributed by atoms with Crippen LogP contribution < -0.4 is 0 Å². The van der Waals surface area contributed by atoms with Crippen LogP contribution in [0, 0.1) is 5.41 Å². The summed E-state index contributed by atoms with van der Waals surface area (Å²) < 4.78 is 0. The normalized spacial score (nSPS) is 27.9. The fourth-order valence-electron chi connectivity index (χ4n) is 2.14. The van der Waals surface area contributed by atoms with E-state index in [0.717, 1.165) is 38.9 Å². The number of piperidine rings is 1. The van der Waals surface area contributed by atoms with E-state index in [4.69, 9.17) is 5.11 Å².